The van der Waals surface area contributed by atoms with Crippen molar-refractivity contribution in [2.75, 3.05) is 12.3 Å². The Labute approximate surface area is 159 Å². The van der Waals surface area contributed by atoms with Gasteiger partial charge in [-0.25, -0.2) is 0 Å². The third kappa shape index (κ3) is 5.11. The summed E-state index contributed by atoms with van der Waals surface area (Å²) in [6.07, 6.45) is -1.93. The third-order valence-electron chi connectivity index (χ3n) is 3.58. The standard InChI is InChI=1S/C10H14N5O9P2Se/c11-10-13-8-7(9(27)14-10)12-3-15(8)6-1-4(24-26(19,20)21)5(23-6)2-22-25(16,17)18/h3-6H,1-2H2,(H2,11,13,14)(H2,16,17,18)(H2,19,20,21)/t4-,5+,6+/m0/s1. The predicted octanol–water partition coefficient (Wildman–Crippen LogP) is -1.92. The summed E-state index contributed by atoms with van der Waals surface area (Å²) in [5.41, 5.74) is 6.32. The molecule has 1 saturated heterocycles. The van der Waals surface area contributed by atoms with Crippen molar-refractivity contribution in [1.29, 1.82) is 0 Å². The van der Waals surface area contributed by atoms with Crippen molar-refractivity contribution in [3.05, 3.63) is 6.33 Å². The molecule has 6 N–H and O–H groups in total. The van der Waals surface area contributed by atoms with Gasteiger partial charge in [0.05, 0.1) is 0 Å². The molecule has 0 aromatic carbocycles. The van der Waals surface area contributed by atoms with Crippen LogP contribution in [0.5, 0.6) is 0 Å². The summed E-state index contributed by atoms with van der Waals surface area (Å²) in [4.78, 5) is 47.9. The number of rotatable bonds is 6. The first kappa shape index (κ1) is 20.8. The molecule has 2 aromatic heterocycles. The number of fused-ring (bicyclic) bond motifs is 1. The monoisotopic (exact) mass is 490 g/mol. The summed E-state index contributed by atoms with van der Waals surface area (Å²) in [7, 11) is -9.71. The quantitative estimate of drug-likeness (QED) is 0.221. The molecular formula is C10H14N5O9P2Se. The van der Waals surface area contributed by atoms with Gasteiger partial charge in [-0.2, -0.15) is 0 Å². The van der Waals surface area contributed by atoms with Crippen LogP contribution in [0.3, 0.4) is 0 Å². The zero-order chi connectivity index (χ0) is 20.0. The van der Waals surface area contributed by atoms with Crippen LogP contribution in [0.2, 0.25) is 0 Å². The molecule has 1 radical (unpaired) electrons. The number of phosphoric acid groups is 2. The second-order valence-electron chi connectivity index (χ2n) is 5.50. The number of phosphoric ester groups is 2. The van der Waals surface area contributed by atoms with E-state index >= 15 is 0 Å². The Morgan fingerprint density at radius 2 is 2.00 bits per heavy atom. The summed E-state index contributed by atoms with van der Waals surface area (Å²) in [5.74, 6) is -0.0274. The SMILES string of the molecule is Nc1nc([Se])c2ncn([C@H]3C[C@H](OP(=O)(O)O)[C@@H](COP(=O)(O)O)O3)c2n1. The van der Waals surface area contributed by atoms with Crippen molar-refractivity contribution in [1.82, 2.24) is 19.5 Å². The number of imidazole rings is 1. The zero-order valence-electron chi connectivity index (χ0n) is 13.2. The van der Waals surface area contributed by atoms with E-state index in [1.54, 1.807) is 0 Å². The van der Waals surface area contributed by atoms with Gasteiger partial charge in [-0.3, -0.25) is 0 Å². The van der Waals surface area contributed by atoms with Crippen molar-refractivity contribution in [3.8, 4) is 0 Å². The molecule has 1 aliphatic rings. The number of aromatic nitrogens is 4. The topological polar surface area (TPSA) is 212 Å². The van der Waals surface area contributed by atoms with Gasteiger partial charge >= 0.3 is 159 Å². The van der Waals surface area contributed by atoms with Gasteiger partial charge in [0.2, 0.25) is 0 Å². The molecule has 149 valence electrons. The van der Waals surface area contributed by atoms with Crippen molar-refractivity contribution in [2.24, 2.45) is 0 Å². The summed E-state index contributed by atoms with van der Waals surface area (Å²) < 4.78 is 38.6. The van der Waals surface area contributed by atoms with E-state index in [0.29, 0.717) is 15.8 Å². The van der Waals surface area contributed by atoms with Gasteiger partial charge in [0.25, 0.3) is 0 Å². The number of nitrogens with zero attached hydrogens (tertiary/aromatic N) is 4. The van der Waals surface area contributed by atoms with Crippen molar-refractivity contribution in [2.45, 2.75) is 24.9 Å². The van der Waals surface area contributed by atoms with Crippen LogP contribution in [0.15, 0.2) is 6.33 Å². The molecule has 3 heterocycles. The molecule has 0 bridgehead atoms. The van der Waals surface area contributed by atoms with E-state index in [9.17, 15) is 9.13 Å². The van der Waals surface area contributed by atoms with Gasteiger partial charge in [0.1, 0.15) is 0 Å². The van der Waals surface area contributed by atoms with Crippen molar-refractivity contribution < 1.29 is 42.5 Å². The Morgan fingerprint density at radius 3 is 2.63 bits per heavy atom. The summed E-state index contributed by atoms with van der Waals surface area (Å²) in [6, 6.07) is 0. The average Bonchev–Trinajstić information content (AvgIpc) is 3.06. The molecule has 27 heavy (non-hydrogen) atoms. The zero-order valence-corrected chi connectivity index (χ0v) is 16.7. The molecule has 0 spiro atoms. The summed E-state index contributed by atoms with van der Waals surface area (Å²) in [5, 5.41) is 0. The molecule has 3 rings (SSSR count). The van der Waals surface area contributed by atoms with Crippen LogP contribution in [-0.4, -0.2) is 73.9 Å². The molecule has 14 nitrogen and oxygen atoms in total. The number of hydrogen-bond donors (Lipinski definition) is 5. The Morgan fingerprint density at radius 1 is 1.30 bits per heavy atom. The van der Waals surface area contributed by atoms with Crippen LogP contribution >= 0.6 is 15.6 Å². The Bertz CT molecular complexity index is 945. The number of ether oxygens (including phenoxy) is 1. The molecule has 3 atom stereocenters. The molecule has 0 saturated carbocycles. The number of nitrogen functional groups attached to an aromatic ring is 1. The van der Waals surface area contributed by atoms with Gasteiger partial charge in [0.15, 0.2) is 0 Å². The first-order chi connectivity index (χ1) is 12.4. The van der Waals surface area contributed by atoms with Crippen LogP contribution in [0.4, 0.5) is 5.95 Å². The second-order valence-corrected chi connectivity index (χ2v) is 8.74. The maximum atomic E-state index is 11.2. The van der Waals surface area contributed by atoms with Crippen molar-refractivity contribution >= 4 is 53.4 Å². The molecule has 17 heteroatoms. The summed E-state index contributed by atoms with van der Waals surface area (Å²) >= 11 is 2.69. The van der Waals surface area contributed by atoms with Crippen LogP contribution in [0.1, 0.15) is 12.6 Å². The van der Waals surface area contributed by atoms with Gasteiger partial charge < -0.3 is 0 Å². The maximum absolute atomic E-state index is 11.2. The molecular weight excluding hydrogens is 475 g/mol. The fourth-order valence-electron chi connectivity index (χ4n) is 2.60. The molecule has 1 aliphatic heterocycles. The molecule has 2 aromatic rings. The van der Waals surface area contributed by atoms with Gasteiger partial charge in [-0.1, -0.05) is 0 Å². The predicted molar refractivity (Wildman–Crippen MR) is 88.6 cm³/mol. The van der Waals surface area contributed by atoms with E-state index in [0.717, 1.165) is 0 Å². The first-order valence-corrected chi connectivity index (χ1v) is 11.1. The van der Waals surface area contributed by atoms with Crippen LogP contribution < -0.4 is 10.3 Å². The number of anilines is 1. The molecule has 1 fully saturated rings. The third-order valence-corrected chi connectivity index (χ3v) is 5.21. The second kappa shape index (κ2) is 7.47. The van der Waals surface area contributed by atoms with E-state index in [2.05, 4.69) is 40.0 Å². The fraction of sp³-hybridized carbons (Fsp3) is 0.500. The van der Waals surface area contributed by atoms with Crippen LogP contribution in [0.25, 0.3) is 11.2 Å². The van der Waals surface area contributed by atoms with Gasteiger partial charge in [-0.15, -0.1) is 0 Å². The Balaban J connectivity index is 1.89. The van der Waals surface area contributed by atoms with Gasteiger partial charge in [-0.05, 0) is 0 Å². The number of nitrogens with two attached hydrogens (primary N) is 1. The Hall–Kier alpha value is -0.951. The summed E-state index contributed by atoms with van der Waals surface area (Å²) in [6.45, 7) is -0.651. The van der Waals surface area contributed by atoms with Gasteiger partial charge in [0, 0.05) is 0 Å². The first-order valence-electron chi connectivity index (χ1n) is 7.19. The fourth-order valence-corrected chi connectivity index (χ4v) is 4.01. The van der Waals surface area contributed by atoms with E-state index in [-0.39, 0.29) is 12.4 Å². The van der Waals surface area contributed by atoms with Crippen molar-refractivity contribution in [3.63, 3.8) is 0 Å². The van der Waals surface area contributed by atoms with E-state index < -0.39 is 40.7 Å². The normalized spacial score (nSPS) is 23.9. The minimum absolute atomic E-state index is 0.0274. The number of hydrogen-bond acceptors (Lipinski definition) is 9. The van der Waals surface area contributed by atoms with Crippen LogP contribution in [-0.2, 0) is 22.9 Å². The van der Waals surface area contributed by atoms with E-state index in [4.69, 9.17) is 30.0 Å². The molecule has 0 unspecified atom stereocenters. The van der Waals surface area contributed by atoms with E-state index in [1.165, 1.54) is 10.9 Å². The minimum atomic E-state index is -4.89. The van der Waals surface area contributed by atoms with E-state index in [1.807, 2.05) is 0 Å². The average molecular weight is 489 g/mol. The van der Waals surface area contributed by atoms with Crippen LogP contribution in [0, 0.1) is 0 Å². The Kier molecular flexibility index (Phi) is 5.75. The molecule has 0 aliphatic carbocycles. The molecule has 0 amide bonds.